The van der Waals surface area contributed by atoms with E-state index in [1.165, 1.54) is 12.8 Å². The third kappa shape index (κ3) is 3.59. The molecule has 0 bridgehead atoms. The molecule has 1 rings (SSSR count). The maximum atomic E-state index is 11.4. The van der Waals surface area contributed by atoms with Crippen molar-refractivity contribution < 1.29 is 4.79 Å². The Bertz CT molecular complexity index is 197. The molecule has 1 aliphatic carbocycles. The van der Waals surface area contributed by atoms with Crippen molar-refractivity contribution in [2.75, 3.05) is 13.1 Å². The highest BCUT2D eigenvalue weighted by atomic mass is 16.1. The molecule has 13 heavy (non-hydrogen) atoms. The Labute approximate surface area is 79.4 Å². The largest absolute Gasteiger partial charge is 0.352 e. The lowest BCUT2D eigenvalue weighted by atomic mass is 10.1. The molecule has 74 valence electrons. The van der Waals surface area contributed by atoms with Crippen LogP contribution in [0.15, 0.2) is 12.2 Å². The molecule has 0 aliphatic heterocycles. The van der Waals surface area contributed by atoms with Gasteiger partial charge in [0.2, 0.25) is 5.91 Å². The molecule has 3 heteroatoms. The van der Waals surface area contributed by atoms with Gasteiger partial charge in [0.1, 0.15) is 0 Å². The second-order valence-electron chi connectivity index (χ2n) is 3.58. The molecule has 0 aromatic heterocycles. The molecule has 1 aliphatic rings. The SMILES string of the molecule is CC(C(=O)NC/C=C/CN)C1CC1. The summed E-state index contributed by atoms with van der Waals surface area (Å²) in [6.45, 7) is 3.14. The minimum absolute atomic E-state index is 0.171. The standard InChI is InChI=1S/C10H18N2O/c1-8(9-4-5-9)10(13)12-7-3-2-6-11/h2-3,8-9H,4-7,11H2,1H3,(H,12,13)/b3-2+. The molecule has 0 saturated heterocycles. The van der Waals surface area contributed by atoms with Crippen molar-refractivity contribution in [3.8, 4) is 0 Å². The van der Waals surface area contributed by atoms with Gasteiger partial charge in [0, 0.05) is 19.0 Å². The fraction of sp³-hybridized carbons (Fsp3) is 0.700. The average molecular weight is 182 g/mol. The number of carbonyl (C=O) groups is 1. The van der Waals surface area contributed by atoms with E-state index in [0.717, 1.165) is 0 Å². The van der Waals surface area contributed by atoms with Gasteiger partial charge >= 0.3 is 0 Å². The summed E-state index contributed by atoms with van der Waals surface area (Å²) in [7, 11) is 0. The first-order valence-electron chi connectivity index (χ1n) is 4.88. The van der Waals surface area contributed by atoms with Crippen LogP contribution in [0, 0.1) is 11.8 Å². The Morgan fingerprint density at radius 1 is 1.62 bits per heavy atom. The van der Waals surface area contributed by atoms with E-state index in [-0.39, 0.29) is 11.8 Å². The van der Waals surface area contributed by atoms with E-state index < -0.39 is 0 Å². The van der Waals surface area contributed by atoms with Gasteiger partial charge in [-0.15, -0.1) is 0 Å². The maximum Gasteiger partial charge on any atom is 0.223 e. The van der Waals surface area contributed by atoms with Gasteiger partial charge in [-0.3, -0.25) is 4.79 Å². The molecule has 1 amide bonds. The third-order valence-corrected chi connectivity index (χ3v) is 2.44. The van der Waals surface area contributed by atoms with E-state index in [1.807, 2.05) is 19.1 Å². The predicted octanol–water partition coefficient (Wildman–Crippen LogP) is 0.664. The lowest BCUT2D eigenvalue weighted by molar-refractivity contribution is -0.124. The van der Waals surface area contributed by atoms with Gasteiger partial charge in [-0.25, -0.2) is 0 Å². The summed E-state index contributed by atoms with van der Waals surface area (Å²) in [6.07, 6.45) is 6.17. The van der Waals surface area contributed by atoms with E-state index in [9.17, 15) is 4.79 Å². The molecule has 3 N–H and O–H groups in total. The normalized spacial score (nSPS) is 18.9. The molecule has 1 atom stereocenters. The van der Waals surface area contributed by atoms with Crippen molar-refractivity contribution in [3.05, 3.63) is 12.2 Å². The van der Waals surface area contributed by atoms with Gasteiger partial charge in [-0.2, -0.15) is 0 Å². The molecule has 0 radical (unpaired) electrons. The fourth-order valence-electron chi connectivity index (χ4n) is 1.31. The van der Waals surface area contributed by atoms with Crippen LogP contribution in [0.2, 0.25) is 0 Å². The third-order valence-electron chi connectivity index (χ3n) is 2.44. The number of nitrogens with one attached hydrogen (secondary N) is 1. The average Bonchev–Trinajstić information content (AvgIpc) is 2.94. The molecule has 0 heterocycles. The van der Waals surface area contributed by atoms with Crippen molar-refractivity contribution in [3.63, 3.8) is 0 Å². The van der Waals surface area contributed by atoms with Crippen molar-refractivity contribution in [2.45, 2.75) is 19.8 Å². The van der Waals surface area contributed by atoms with Gasteiger partial charge in [-0.05, 0) is 18.8 Å². The molecule has 0 aromatic carbocycles. The van der Waals surface area contributed by atoms with Gasteiger partial charge in [0.05, 0.1) is 0 Å². The van der Waals surface area contributed by atoms with Crippen molar-refractivity contribution in [1.29, 1.82) is 0 Å². The summed E-state index contributed by atoms with van der Waals surface area (Å²) >= 11 is 0. The minimum atomic E-state index is 0.171. The van der Waals surface area contributed by atoms with E-state index in [1.54, 1.807) is 0 Å². The zero-order chi connectivity index (χ0) is 9.68. The number of carbonyl (C=O) groups excluding carboxylic acids is 1. The van der Waals surface area contributed by atoms with E-state index in [2.05, 4.69) is 5.32 Å². The quantitative estimate of drug-likeness (QED) is 0.614. The van der Waals surface area contributed by atoms with Crippen LogP contribution in [-0.2, 0) is 4.79 Å². The molecular weight excluding hydrogens is 164 g/mol. The highest BCUT2D eigenvalue weighted by Gasteiger charge is 2.32. The lowest BCUT2D eigenvalue weighted by Crippen LogP contribution is -2.30. The number of nitrogens with two attached hydrogens (primary N) is 1. The van der Waals surface area contributed by atoms with Crippen LogP contribution >= 0.6 is 0 Å². The number of hydrogen-bond acceptors (Lipinski definition) is 2. The summed E-state index contributed by atoms with van der Waals surface area (Å²) in [5, 5.41) is 2.86. The topological polar surface area (TPSA) is 55.1 Å². The monoisotopic (exact) mass is 182 g/mol. The Kier molecular flexibility index (Phi) is 3.96. The number of hydrogen-bond donors (Lipinski definition) is 2. The minimum Gasteiger partial charge on any atom is -0.352 e. The Morgan fingerprint density at radius 3 is 2.85 bits per heavy atom. The summed E-state index contributed by atoms with van der Waals surface area (Å²) < 4.78 is 0. The lowest BCUT2D eigenvalue weighted by Gasteiger charge is -2.08. The molecule has 1 unspecified atom stereocenters. The second kappa shape index (κ2) is 5.02. The summed E-state index contributed by atoms with van der Waals surface area (Å²) in [5.41, 5.74) is 5.26. The molecule has 1 saturated carbocycles. The van der Waals surface area contributed by atoms with Gasteiger partial charge in [0.25, 0.3) is 0 Å². The van der Waals surface area contributed by atoms with Gasteiger partial charge in [-0.1, -0.05) is 19.1 Å². The van der Waals surface area contributed by atoms with Crippen LogP contribution < -0.4 is 11.1 Å². The highest BCUT2D eigenvalue weighted by molar-refractivity contribution is 5.79. The first-order chi connectivity index (χ1) is 6.25. The molecular formula is C10H18N2O. The van der Waals surface area contributed by atoms with Crippen LogP contribution in [0.5, 0.6) is 0 Å². The van der Waals surface area contributed by atoms with Crippen LogP contribution in [0.4, 0.5) is 0 Å². The maximum absolute atomic E-state index is 11.4. The Hall–Kier alpha value is -0.830. The molecule has 3 nitrogen and oxygen atoms in total. The van der Waals surface area contributed by atoms with E-state index in [0.29, 0.717) is 19.0 Å². The predicted molar refractivity (Wildman–Crippen MR) is 53.1 cm³/mol. The summed E-state index contributed by atoms with van der Waals surface area (Å²) in [5.74, 6) is 0.994. The van der Waals surface area contributed by atoms with Crippen molar-refractivity contribution in [2.24, 2.45) is 17.6 Å². The van der Waals surface area contributed by atoms with Crippen LogP contribution in [0.1, 0.15) is 19.8 Å². The van der Waals surface area contributed by atoms with Crippen LogP contribution in [0.25, 0.3) is 0 Å². The zero-order valence-corrected chi connectivity index (χ0v) is 8.12. The highest BCUT2D eigenvalue weighted by Crippen LogP contribution is 2.36. The smallest absolute Gasteiger partial charge is 0.223 e. The molecule has 1 fully saturated rings. The number of rotatable bonds is 5. The van der Waals surface area contributed by atoms with Crippen LogP contribution in [0.3, 0.4) is 0 Å². The van der Waals surface area contributed by atoms with Gasteiger partial charge in [0.15, 0.2) is 0 Å². The van der Waals surface area contributed by atoms with Crippen LogP contribution in [-0.4, -0.2) is 19.0 Å². The summed E-state index contributed by atoms with van der Waals surface area (Å²) in [4.78, 5) is 11.4. The van der Waals surface area contributed by atoms with E-state index >= 15 is 0 Å². The summed E-state index contributed by atoms with van der Waals surface area (Å²) in [6, 6.07) is 0. The number of amides is 1. The molecule has 0 aromatic rings. The Balaban J connectivity index is 2.12. The van der Waals surface area contributed by atoms with Gasteiger partial charge < -0.3 is 11.1 Å². The second-order valence-corrected chi connectivity index (χ2v) is 3.58. The molecule has 0 spiro atoms. The first-order valence-corrected chi connectivity index (χ1v) is 4.88. The van der Waals surface area contributed by atoms with Crippen molar-refractivity contribution in [1.82, 2.24) is 5.32 Å². The fourth-order valence-corrected chi connectivity index (χ4v) is 1.31. The zero-order valence-electron chi connectivity index (χ0n) is 8.12. The first kappa shape index (κ1) is 10.3. The van der Waals surface area contributed by atoms with Crippen molar-refractivity contribution >= 4 is 5.91 Å². The Morgan fingerprint density at radius 2 is 2.31 bits per heavy atom. The van der Waals surface area contributed by atoms with E-state index in [4.69, 9.17) is 5.73 Å².